The normalized spacial score (nSPS) is 20.7. The molecule has 2 fully saturated rings. The number of piperidine rings is 2. The van der Waals surface area contributed by atoms with E-state index in [0.29, 0.717) is 30.6 Å². The van der Waals surface area contributed by atoms with Crippen LogP contribution >= 0.6 is 11.3 Å². The fourth-order valence-electron chi connectivity index (χ4n) is 4.99. The number of aromatic nitrogens is 4. The molecule has 162 valence electrons. The molecule has 0 saturated carbocycles. The minimum atomic E-state index is -0.545. The Morgan fingerprint density at radius 3 is 2.47 bits per heavy atom. The van der Waals surface area contributed by atoms with Crippen molar-refractivity contribution < 1.29 is 9.18 Å². The standard InChI is InChI=1S/C23H21FN6OS/c24-17-4-3-6-19(30-25-8-9-26-30)21(17)22(31)28-11-15-10-16(12-28)14-29(13-15)23-27-18-5-1-2-7-20(18)32-23/h1-9,15-16H,10-14H2. The molecule has 0 N–H and O–H groups in total. The fourth-order valence-corrected chi connectivity index (χ4v) is 5.97. The van der Waals surface area contributed by atoms with Crippen molar-refractivity contribution >= 4 is 32.6 Å². The Bertz CT molecular complexity index is 1240. The van der Waals surface area contributed by atoms with Gasteiger partial charge in [-0.15, -0.1) is 0 Å². The van der Waals surface area contributed by atoms with Crippen LogP contribution in [0.15, 0.2) is 54.9 Å². The number of nitrogens with zero attached hydrogens (tertiary/aromatic N) is 6. The number of para-hydroxylation sites is 1. The smallest absolute Gasteiger partial charge is 0.259 e. The number of likely N-dealkylation sites (tertiary alicyclic amines) is 1. The molecule has 0 spiro atoms. The highest BCUT2D eigenvalue weighted by Crippen LogP contribution is 2.36. The Labute approximate surface area is 188 Å². The third-order valence-corrected chi connectivity index (χ3v) is 7.36. The number of benzene rings is 2. The van der Waals surface area contributed by atoms with Crippen molar-refractivity contribution in [2.45, 2.75) is 6.42 Å². The first-order valence-corrected chi connectivity index (χ1v) is 11.5. The molecule has 0 aliphatic carbocycles. The number of fused-ring (bicyclic) bond motifs is 3. The Kier molecular flexibility index (Phi) is 4.64. The summed E-state index contributed by atoms with van der Waals surface area (Å²) in [7, 11) is 0. The van der Waals surface area contributed by atoms with Gasteiger partial charge in [0, 0.05) is 26.2 Å². The van der Waals surface area contributed by atoms with Crippen LogP contribution in [0.5, 0.6) is 0 Å². The van der Waals surface area contributed by atoms with Gasteiger partial charge >= 0.3 is 0 Å². The van der Waals surface area contributed by atoms with Crippen molar-refractivity contribution in [1.29, 1.82) is 0 Å². The van der Waals surface area contributed by atoms with Crippen LogP contribution in [0.2, 0.25) is 0 Å². The van der Waals surface area contributed by atoms with E-state index in [1.54, 1.807) is 28.4 Å². The quantitative estimate of drug-likeness (QED) is 0.479. The monoisotopic (exact) mass is 448 g/mol. The number of carbonyl (C=O) groups is 1. The summed E-state index contributed by atoms with van der Waals surface area (Å²) in [6, 6.07) is 12.8. The van der Waals surface area contributed by atoms with Gasteiger partial charge in [-0.25, -0.2) is 9.37 Å². The van der Waals surface area contributed by atoms with Crippen molar-refractivity contribution in [3.8, 4) is 5.69 Å². The van der Waals surface area contributed by atoms with E-state index in [2.05, 4.69) is 21.2 Å². The van der Waals surface area contributed by atoms with Crippen LogP contribution < -0.4 is 4.90 Å². The Balaban J connectivity index is 1.24. The van der Waals surface area contributed by atoms with Crippen molar-refractivity contribution in [1.82, 2.24) is 24.9 Å². The highest BCUT2D eigenvalue weighted by Gasteiger charge is 2.38. The molecule has 4 aromatic rings. The molecule has 2 aliphatic heterocycles. The molecule has 2 saturated heterocycles. The lowest BCUT2D eigenvalue weighted by molar-refractivity contribution is 0.0560. The van der Waals surface area contributed by atoms with E-state index in [0.717, 1.165) is 30.2 Å². The number of halogens is 1. The second-order valence-corrected chi connectivity index (χ2v) is 9.51. The highest BCUT2D eigenvalue weighted by atomic mass is 32.1. The summed E-state index contributed by atoms with van der Waals surface area (Å²) < 4.78 is 16.0. The average Bonchev–Trinajstić information content (AvgIpc) is 3.48. The topological polar surface area (TPSA) is 67.2 Å². The van der Waals surface area contributed by atoms with Crippen molar-refractivity contribution in [3.63, 3.8) is 0 Å². The first-order chi connectivity index (χ1) is 15.7. The summed E-state index contributed by atoms with van der Waals surface area (Å²) in [4.78, 5) is 23.7. The average molecular weight is 449 g/mol. The summed E-state index contributed by atoms with van der Waals surface area (Å²) in [5.74, 6) is -0.178. The third kappa shape index (κ3) is 3.33. The van der Waals surface area contributed by atoms with Gasteiger partial charge in [-0.3, -0.25) is 4.79 Å². The van der Waals surface area contributed by atoms with Gasteiger partial charge in [-0.05, 0) is 42.5 Å². The summed E-state index contributed by atoms with van der Waals surface area (Å²) in [6.45, 7) is 2.92. The summed E-state index contributed by atoms with van der Waals surface area (Å²) >= 11 is 1.72. The van der Waals surface area contributed by atoms with E-state index in [9.17, 15) is 9.18 Å². The Morgan fingerprint density at radius 1 is 0.969 bits per heavy atom. The van der Waals surface area contributed by atoms with Crippen LogP contribution in [-0.4, -0.2) is 57.0 Å². The lowest BCUT2D eigenvalue weighted by Crippen LogP contribution is -2.54. The lowest BCUT2D eigenvalue weighted by Gasteiger charge is -2.45. The summed E-state index contributed by atoms with van der Waals surface area (Å²) in [5.41, 5.74) is 1.43. The van der Waals surface area contributed by atoms with Crippen LogP contribution in [0, 0.1) is 17.7 Å². The fraction of sp³-hybridized carbons (Fsp3) is 0.304. The molecule has 4 heterocycles. The van der Waals surface area contributed by atoms with Crippen molar-refractivity contribution in [2.24, 2.45) is 11.8 Å². The van der Waals surface area contributed by atoms with E-state index in [1.807, 2.05) is 18.2 Å². The molecule has 2 aromatic heterocycles. The predicted molar refractivity (Wildman–Crippen MR) is 121 cm³/mol. The van der Waals surface area contributed by atoms with Crippen molar-refractivity contribution in [3.05, 3.63) is 66.2 Å². The number of amides is 1. The third-order valence-electron chi connectivity index (χ3n) is 6.26. The molecular weight excluding hydrogens is 427 g/mol. The van der Waals surface area contributed by atoms with Gasteiger partial charge < -0.3 is 9.80 Å². The first-order valence-electron chi connectivity index (χ1n) is 10.7. The molecule has 32 heavy (non-hydrogen) atoms. The maximum absolute atomic E-state index is 14.8. The number of thiazole rings is 1. The van der Waals surface area contributed by atoms with Crippen LogP contribution in [0.3, 0.4) is 0 Å². The molecule has 2 bridgehead atoms. The zero-order chi connectivity index (χ0) is 21.7. The van der Waals surface area contributed by atoms with Crippen LogP contribution in [-0.2, 0) is 0 Å². The molecule has 0 radical (unpaired) electrons. The summed E-state index contributed by atoms with van der Waals surface area (Å²) in [6.07, 6.45) is 4.11. The van der Waals surface area contributed by atoms with Gasteiger partial charge in [0.25, 0.3) is 5.91 Å². The molecule has 2 atom stereocenters. The molecule has 6 rings (SSSR count). The maximum atomic E-state index is 14.8. The van der Waals surface area contributed by atoms with Crippen LogP contribution in [0.1, 0.15) is 16.8 Å². The van der Waals surface area contributed by atoms with Crippen LogP contribution in [0.4, 0.5) is 9.52 Å². The number of anilines is 1. The van der Waals surface area contributed by atoms with Crippen molar-refractivity contribution in [2.75, 3.05) is 31.1 Å². The van der Waals surface area contributed by atoms with Gasteiger partial charge in [-0.1, -0.05) is 29.5 Å². The van der Waals surface area contributed by atoms with E-state index >= 15 is 0 Å². The van der Waals surface area contributed by atoms with E-state index in [1.165, 1.54) is 28.0 Å². The molecule has 2 aliphatic rings. The Morgan fingerprint density at radius 2 is 1.72 bits per heavy atom. The zero-order valence-corrected chi connectivity index (χ0v) is 18.1. The minimum absolute atomic E-state index is 0.0340. The van der Waals surface area contributed by atoms with E-state index in [-0.39, 0.29) is 11.5 Å². The molecular formula is C23H21FN6OS. The number of hydrogen-bond acceptors (Lipinski definition) is 6. The number of carbonyl (C=O) groups excluding carboxylic acids is 1. The first kappa shape index (κ1) is 19.4. The van der Waals surface area contributed by atoms with Gasteiger partial charge in [0.15, 0.2) is 5.13 Å². The van der Waals surface area contributed by atoms with Gasteiger partial charge in [0.1, 0.15) is 17.1 Å². The highest BCUT2D eigenvalue weighted by molar-refractivity contribution is 7.22. The van der Waals surface area contributed by atoms with E-state index < -0.39 is 5.82 Å². The van der Waals surface area contributed by atoms with Crippen LogP contribution in [0.25, 0.3) is 15.9 Å². The summed E-state index contributed by atoms with van der Waals surface area (Å²) in [5, 5.41) is 9.22. The molecule has 2 unspecified atom stereocenters. The SMILES string of the molecule is O=C(c1c(F)cccc1-n1nccn1)N1CC2CC(C1)CN(c1nc3ccccc3s1)C2. The zero-order valence-electron chi connectivity index (χ0n) is 17.3. The molecule has 9 heteroatoms. The van der Waals surface area contributed by atoms with Gasteiger partial charge in [0.05, 0.1) is 22.6 Å². The number of hydrogen-bond donors (Lipinski definition) is 0. The van der Waals surface area contributed by atoms with Gasteiger partial charge in [0.2, 0.25) is 0 Å². The maximum Gasteiger partial charge on any atom is 0.259 e. The number of rotatable bonds is 3. The van der Waals surface area contributed by atoms with Gasteiger partial charge in [-0.2, -0.15) is 15.0 Å². The second-order valence-electron chi connectivity index (χ2n) is 8.50. The molecule has 7 nitrogen and oxygen atoms in total. The largest absolute Gasteiger partial charge is 0.347 e. The Hall–Kier alpha value is -3.33. The predicted octanol–water partition coefficient (Wildman–Crippen LogP) is 3.61. The second kappa shape index (κ2) is 7.67. The lowest BCUT2D eigenvalue weighted by atomic mass is 9.84. The van der Waals surface area contributed by atoms with E-state index in [4.69, 9.17) is 4.98 Å². The molecule has 1 amide bonds. The minimum Gasteiger partial charge on any atom is -0.347 e. The molecule has 2 aromatic carbocycles.